The molecule has 1 fully saturated rings. The van der Waals surface area contributed by atoms with Gasteiger partial charge >= 0.3 is 0 Å². The van der Waals surface area contributed by atoms with Gasteiger partial charge in [0.2, 0.25) is 0 Å². The van der Waals surface area contributed by atoms with Gasteiger partial charge in [-0.3, -0.25) is 4.79 Å². The molecule has 0 radical (unpaired) electrons. The molecule has 2 heterocycles. The van der Waals surface area contributed by atoms with E-state index < -0.39 is 9.84 Å². The van der Waals surface area contributed by atoms with Crippen LogP contribution in [-0.4, -0.2) is 48.4 Å². The Labute approximate surface area is 130 Å². The van der Waals surface area contributed by atoms with E-state index in [0.717, 1.165) is 19.3 Å². The number of hydrogen-bond acceptors (Lipinski definition) is 6. The van der Waals surface area contributed by atoms with Gasteiger partial charge in [-0.25, -0.2) is 18.4 Å². The Morgan fingerprint density at radius 3 is 2.86 bits per heavy atom. The van der Waals surface area contributed by atoms with Crippen molar-refractivity contribution < 1.29 is 13.2 Å². The highest BCUT2D eigenvalue weighted by Gasteiger charge is 2.28. The molecule has 1 aromatic rings. The summed E-state index contributed by atoms with van der Waals surface area (Å²) in [4.78, 5) is 20.0. The Balaban J connectivity index is 1.91. The molecule has 1 saturated heterocycles. The minimum absolute atomic E-state index is 0.107. The zero-order valence-corrected chi connectivity index (χ0v) is 13.5. The van der Waals surface area contributed by atoms with Crippen molar-refractivity contribution in [3.8, 4) is 0 Å². The van der Waals surface area contributed by atoms with E-state index in [0.29, 0.717) is 18.8 Å². The smallest absolute Gasteiger partial charge is 0.270 e. The largest absolute Gasteiger partial charge is 0.366 e. The summed E-state index contributed by atoms with van der Waals surface area (Å²) in [6, 6.07) is 1.40. The van der Waals surface area contributed by atoms with Gasteiger partial charge < -0.3 is 10.6 Å². The van der Waals surface area contributed by atoms with Crippen molar-refractivity contribution in [2.24, 2.45) is 0 Å². The molecule has 1 aliphatic rings. The quantitative estimate of drug-likeness (QED) is 0.725. The number of rotatable bonds is 7. The molecule has 0 aromatic carbocycles. The van der Waals surface area contributed by atoms with Gasteiger partial charge in [-0.15, -0.1) is 0 Å². The second-order valence-corrected chi connectivity index (χ2v) is 7.72. The van der Waals surface area contributed by atoms with Gasteiger partial charge in [0.05, 0.1) is 11.5 Å². The molecular formula is C14H22N4O3S. The van der Waals surface area contributed by atoms with Crippen molar-refractivity contribution in [3.63, 3.8) is 0 Å². The highest BCUT2D eigenvalue weighted by atomic mass is 32.2. The van der Waals surface area contributed by atoms with E-state index in [2.05, 4.69) is 27.5 Å². The fourth-order valence-electron chi connectivity index (χ4n) is 2.35. The summed E-state index contributed by atoms with van der Waals surface area (Å²) in [6.07, 6.45) is 4.99. The number of nitrogens with one attached hydrogen (secondary N) is 2. The van der Waals surface area contributed by atoms with Gasteiger partial charge in [0.15, 0.2) is 9.84 Å². The number of aromatic nitrogens is 2. The average molecular weight is 326 g/mol. The van der Waals surface area contributed by atoms with Crippen molar-refractivity contribution in [2.45, 2.75) is 38.6 Å². The number of nitrogens with zero attached hydrogens (tertiary/aromatic N) is 2. The highest BCUT2D eigenvalue weighted by Crippen LogP contribution is 2.16. The predicted octanol–water partition coefficient (Wildman–Crippen LogP) is 0.996. The lowest BCUT2D eigenvalue weighted by atomic mass is 10.2. The fraction of sp³-hybridized carbons (Fsp3) is 0.643. The maximum Gasteiger partial charge on any atom is 0.270 e. The van der Waals surface area contributed by atoms with Gasteiger partial charge in [-0.2, -0.15) is 0 Å². The number of carbonyl (C=O) groups excluding carboxylic acids is 1. The Morgan fingerprint density at radius 1 is 1.36 bits per heavy atom. The number of anilines is 1. The van der Waals surface area contributed by atoms with Crippen LogP contribution in [0.1, 0.15) is 43.1 Å². The summed E-state index contributed by atoms with van der Waals surface area (Å²) in [5.74, 6) is 0.548. The lowest BCUT2D eigenvalue weighted by molar-refractivity contribution is 0.0948. The fourth-order valence-corrected chi connectivity index (χ4v) is 4.02. The monoisotopic (exact) mass is 326 g/mol. The Morgan fingerprint density at radius 2 is 2.18 bits per heavy atom. The minimum Gasteiger partial charge on any atom is -0.366 e. The van der Waals surface area contributed by atoms with Crippen molar-refractivity contribution in [1.29, 1.82) is 0 Å². The number of sulfone groups is 1. The van der Waals surface area contributed by atoms with Crippen molar-refractivity contribution in [1.82, 2.24) is 15.3 Å². The van der Waals surface area contributed by atoms with Crippen molar-refractivity contribution in [2.75, 3.05) is 23.4 Å². The Kier molecular flexibility index (Phi) is 5.70. The van der Waals surface area contributed by atoms with Crippen LogP contribution in [0.3, 0.4) is 0 Å². The third-order valence-corrected chi connectivity index (χ3v) is 5.32. The molecule has 1 atom stereocenters. The van der Waals surface area contributed by atoms with Crippen LogP contribution in [0, 0.1) is 0 Å². The molecule has 2 rings (SSSR count). The zero-order valence-electron chi connectivity index (χ0n) is 12.7. The first-order chi connectivity index (χ1) is 10.5. The molecule has 1 amide bonds. The molecule has 1 unspecified atom stereocenters. The van der Waals surface area contributed by atoms with E-state index in [1.807, 2.05) is 0 Å². The van der Waals surface area contributed by atoms with Crippen molar-refractivity contribution >= 4 is 21.6 Å². The molecule has 8 heteroatoms. The van der Waals surface area contributed by atoms with Gasteiger partial charge in [0, 0.05) is 18.7 Å². The first-order valence-electron chi connectivity index (χ1n) is 7.57. The summed E-state index contributed by atoms with van der Waals surface area (Å²) in [6.45, 7) is 2.73. The Hall–Kier alpha value is -1.70. The van der Waals surface area contributed by atoms with Gasteiger partial charge in [-0.05, 0) is 12.8 Å². The molecule has 0 saturated carbocycles. The SMILES string of the molecule is CCCCCNC(=O)c1cc(NC2CCS(=O)(=O)C2)ncn1. The van der Waals surface area contributed by atoms with E-state index in [4.69, 9.17) is 0 Å². The highest BCUT2D eigenvalue weighted by molar-refractivity contribution is 7.91. The standard InChI is InChI=1S/C14H22N4O3S/c1-2-3-4-6-15-14(19)12-8-13(17-10-16-12)18-11-5-7-22(20,21)9-11/h8,10-11H,2-7,9H2,1H3,(H,15,19)(H,16,17,18). The average Bonchev–Trinajstić information content (AvgIpc) is 2.82. The van der Waals surface area contributed by atoms with Crippen LogP contribution >= 0.6 is 0 Å². The summed E-state index contributed by atoms with van der Waals surface area (Å²) in [5.41, 5.74) is 0.287. The normalized spacial score (nSPS) is 19.8. The van der Waals surface area contributed by atoms with Crippen LogP contribution in [0.25, 0.3) is 0 Å². The maximum absolute atomic E-state index is 12.0. The first-order valence-corrected chi connectivity index (χ1v) is 9.39. The first kappa shape index (κ1) is 16.7. The van der Waals surface area contributed by atoms with E-state index in [1.54, 1.807) is 6.07 Å². The number of amides is 1. The molecule has 1 aromatic heterocycles. The van der Waals surface area contributed by atoms with Crippen LogP contribution in [0.4, 0.5) is 5.82 Å². The summed E-state index contributed by atoms with van der Waals surface area (Å²) in [7, 11) is -2.94. The topological polar surface area (TPSA) is 101 Å². The molecule has 0 spiro atoms. The van der Waals surface area contributed by atoms with Gasteiger partial charge in [0.1, 0.15) is 17.8 Å². The predicted molar refractivity (Wildman–Crippen MR) is 84.6 cm³/mol. The van der Waals surface area contributed by atoms with Crippen LogP contribution in [-0.2, 0) is 9.84 Å². The minimum atomic E-state index is -2.94. The molecule has 122 valence electrons. The van der Waals surface area contributed by atoms with Crippen LogP contribution in [0.2, 0.25) is 0 Å². The molecule has 7 nitrogen and oxygen atoms in total. The zero-order chi connectivity index (χ0) is 16.0. The van der Waals surface area contributed by atoms with E-state index >= 15 is 0 Å². The van der Waals surface area contributed by atoms with Gasteiger partial charge in [-0.1, -0.05) is 19.8 Å². The molecule has 0 bridgehead atoms. The van der Waals surface area contributed by atoms with Crippen LogP contribution in [0.5, 0.6) is 0 Å². The van der Waals surface area contributed by atoms with Gasteiger partial charge in [0.25, 0.3) is 5.91 Å². The third kappa shape index (κ3) is 4.94. The molecular weight excluding hydrogens is 304 g/mol. The third-order valence-electron chi connectivity index (χ3n) is 3.55. The summed E-state index contributed by atoms with van der Waals surface area (Å²) in [5, 5.41) is 5.87. The number of hydrogen-bond donors (Lipinski definition) is 2. The van der Waals surface area contributed by atoms with E-state index in [9.17, 15) is 13.2 Å². The van der Waals surface area contributed by atoms with E-state index in [1.165, 1.54) is 6.33 Å². The van der Waals surface area contributed by atoms with Crippen LogP contribution < -0.4 is 10.6 Å². The molecule has 0 aliphatic carbocycles. The molecule has 22 heavy (non-hydrogen) atoms. The second kappa shape index (κ2) is 7.53. The van der Waals surface area contributed by atoms with Crippen molar-refractivity contribution in [3.05, 3.63) is 18.1 Å². The number of carbonyl (C=O) groups is 1. The second-order valence-electron chi connectivity index (χ2n) is 5.50. The Bertz CT molecular complexity index is 618. The van der Waals surface area contributed by atoms with E-state index in [-0.39, 0.29) is 29.1 Å². The molecule has 2 N–H and O–H groups in total. The van der Waals surface area contributed by atoms with Crippen LogP contribution in [0.15, 0.2) is 12.4 Å². The summed E-state index contributed by atoms with van der Waals surface area (Å²) < 4.78 is 22.9. The maximum atomic E-state index is 12.0. The lowest BCUT2D eigenvalue weighted by Gasteiger charge is -2.12. The number of unbranched alkanes of at least 4 members (excludes halogenated alkanes) is 2. The summed E-state index contributed by atoms with van der Waals surface area (Å²) >= 11 is 0. The lowest BCUT2D eigenvalue weighted by Crippen LogP contribution is -2.26. The molecule has 1 aliphatic heterocycles.